The Labute approximate surface area is 140 Å². The van der Waals surface area contributed by atoms with Crippen LogP contribution in [-0.2, 0) is 4.79 Å². The lowest BCUT2D eigenvalue weighted by atomic mass is 9.71. The number of piperidine rings is 2. The molecule has 2 aromatic carbocycles. The molecular weight excluding hydrogens is 310 g/mol. The predicted octanol–water partition coefficient (Wildman–Crippen LogP) is 4.34. The fourth-order valence-electron chi connectivity index (χ4n) is 4.10. The molecule has 3 nitrogen and oxygen atoms in total. The number of nitrogens with zero attached hydrogens (tertiary/aromatic N) is 1. The first-order valence-electron chi connectivity index (χ1n) is 7.99. The van der Waals surface area contributed by atoms with Gasteiger partial charge in [-0.15, -0.1) is 0 Å². The van der Waals surface area contributed by atoms with Crippen molar-refractivity contribution in [2.24, 2.45) is 5.92 Å². The lowest BCUT2D eigenvalue weighted by molar-refractivity contribution is -0.128. The van der Waals surface area contributed by atoms with Crippen molar-refractivity contribution in [3.63, 3.8) is 0 Å². The molecule has 0 aromatic heterocycles. The van der Waals surface area contributed by atoms with Crippen LogP contribution >= 0.6 is 11.6 Å². The van der Waals surface area contributed by atoms with E-state index in [4.69, 9.17) is 11.6 Å². The minimum absolute atomic E-state index is 0.00234. The monoisotopic (exact) mass is 327 g/mol. The van der Waals surface area contributed by atoms with Crippen LogP contribution in [0.25, 0.3) is 0 Å². The van der Waals surface area contributed by atoms with Crippen molar-refractivity contribution in [3.05, 3.63) is 59.1 Å². The summed E-state index contributed by atoms with van der Waals surface area (Å²) in [6.45, 7) is 0. The molecule has 0 spiro atoms. The average molecular weight is 328 g/mol. The number of halogens is 1. The fourth-order valence-corrected chi connectivity index (χ4v) is 4.22. The maximum absolute atomic E-state index is 12.4. The van der Waals surface area contributed by atoms with E-state index in [1.54, 1.807) is 12.1 Å². The maximum Gasteiger partial charge on any atom is 0.140 e. The average Bonchev–Trinajstić information content (AvgIpc) is 2.55. The quantitative estimate of drug-likeness (QED) is 0.891. The highest BCUT2D eigenvalue weighted by atomic mass is 35.5. The largest absolute Gasteiger partial charge is 0.508 e. The molecule has 2 bridgehead atoms. The van der Waals surface area contributed by atoms with E-state index in [0.717, 1.165) is 24.1 Å². The molecule has 0 radical (unpaired) electrons. The third-order valence-electron chi connectivity index (χ3n) is 5.07. The van der Waals surface area contributed by atoms with Gasteiger partial charge in [-0.1, -0.05) is 23.7 Å². The molecule has 3 unspecified atom stereocenters. The zero-order chi connectivity index (χ0) is 16.0. The van der Waals surface area contributed by atoms with Crippen molar-refractivity contribution in [1.29, 1.82) is 0 Å². The van der Waals surface area contributed by atoms with Gasteiger partial charge in [0.2, 0.25) is 0 Å². The highest BCUT2D eigenvalue weighted by Gasteiger charge is 2.47. The van der Waals surface area contributed by atoms with E-state index < -0.39 is 0 Å². The molecule has 5 rings (SSSR count). The van der Waals surface area contributed by atoms with E-state index in [1.165, 1.54) is 0 Å². The summed E-state index contributed by atoms with van der Waals surface area (Å²) in [4.78, 5) is 14.8. The summed E-state index contributed by atoms with van der Waals surface area (Å²) in [5.74, 6) is 0.588. The van der Waals surface area contributed by atoms with Crippen molar-refractivity contribution in [2.75, 3.05) is 4.90 Å². The summed E-state index contributed by atoms with van der Waals surface area (Å²) in [5.41, 5.74) is 2.09. The van der Waals surface area contributed by atoms with Crippen LogP contribution < -0.4 is 4.90 Å². The Bertz CT molecular complexity index is 743. The van der Waals surface area contributed by atoms with Gasteiger partial charge >= 0.3 is 0 Å². The number of rotatable bonds is 2. The fraction of sp³-hybridized carbons (Fsp3) is 0.316. The second kappa shape index (κ2) is 5.57. The Kier molecular flexibility index (Phi) is 3.53. The van der Waals surface area contributed by atoms with Gasteiger partial charge in [-0.05, 0) is 54.8 Å². The molecule has 2 aromatic rings. The zero-order valence-corrected chi connectivity index (χ0v) is 13.4. The summed E-state index contributed by atoms with van der Waals surface area (Å²) < 4.78 is 0. The number of Topliss-reactive ketones (excluding diaryl/α,β-unsaturated/α-hetero) is 1. The van der Waals surface area contributed by atoms with Gasteiger partial charge in [0.15, 0.2) is 0 Å². The normalized spacial score (nSPS) is 26.6. The first-order valence-corrected chi connectivity index (χ1v) is 8.37. The van der Waals surface area contributed by atoms with Gasteiger partial charge in [-0.2, -0.15) is 0 Å². The molecule has 1 N–H and O–H groups in total. The predicted molar refractivity (Wildman–Crippen MR) is 90.9 cm³/mol. The van der Waals surface area contributed by atoms with Gasteiger partial charge in [0, 0.05) is 29.1 Å². The van der Waals surface area contributed by atoms with Gasteiger partial charge in [-0.3, -0.25) is 4.79 Å². The van der Waals surface area contributed by atoms with Gasteiger partial charge in [0.05, 0.1) is 6.04 Å². The van der Waals surface area contributed by atoms with Crippen LogP contribution in [0.4, 0.5) is 5.69 Å². The standard InChI is InChI=1S/C19H18ClNO2/c20-13-4-6-14(7-5-13)21-15-8-9-17(18(23)11-15)19(21)12-2-1-3-16(22)10-12/h1-7,10,15,17,19,22H,8-9,11H2. The van der Waals surface area contributed by atoms with Crippen molar-refractivity contribution < 1.29 is 9.90 Å². The molecule has 2 aliphatic heterocycles. The number of phenols is 1. The summed E-state index contributed by atoms with van der Waals surface area (Å²) in [7, 11) is 0. The SMILES string of the molecule is O=C1CC2CCC1C(c1cccc(O)c1)N2c1ccc(Cl)cc1. The minimum atomic E-state index is -0.0109. The van der Waals surface area contributed by atoms with Gasteiger partial charge in [0.1, 0.15) is 11.5 Å². The molecule has 1 saturated carbocycles. The number of hydrogen-bond acceptors (Lipinski definition) is 3. The second-order valence-corrected chi connectivity index (χ2v) is 6.87. The van der Waals surface area contributed by atoms with Crippen LogP contribution in [-0.4, -0.2) is 16.9 Å². The van der Waals surface area contributed by atoms with Crippen LogP contribution in [0, 0.1) is 5.92 Å². The topological polar surface area (TPSA) is 40.5 Å². The maximum atomic E-state index is 12.4. The van der Waals surface area contributed by atoms with E-state index in [2.05, 4.69) is 4.90 Å². The Morgan fingerprint density at radius 1 is 1.09 bits per heavy atom. The number of carbonyl (C=O) groups excluding carboxylic acids is 1. The molecule has 118 valence electrons. The van der Waals surface area contributed by atoms with Crippen LogP contribution in [0.2, 0.25) is 5.02 Å². The molecular formula is C19H18ClNO2. The number of benzene rings is 2. The summed E-state index contributed by atoms with van der Waals surface area (Å²) in [5, 5.41) is 10.6. The molecule has 23 heavy (non-hydrogen) atoms. The van der Waals surface area contributed by atoms with Crippen molar-refractivity contribution in [3.8, 4) is 5.75 Å². The van der Waals surface area contributed by atoms with Gasteiger partial charge in [-0.25, -0.2) is 0 Å². The number of aromatic hydroxyl groups is 1. The van der Waals surface area contributed by atoms with E-state index in [9.17, 15) is 9.90 Å². The third kappa shape index (κ3) is 2.49. The Balaban J connectivity index is 1.81. The van der Waals surface area contributed by atoms with Crippen LogP contribution in [0.1, 0.15) is 30.9 Å². The van der Waals surface area contributed by atoms with E-state index in [-0.39, 0.29) is 23.8 Å². The van der Waals surface area contributed by atoms with Gasteiger partial charge in [0.25, 0.3) is 0 Å². The summed E-state index contributed by atoms with van der Waals surface area (Å²) in [6.07, 6.45) is 2.57. The van der Waals surface area contributed by atoms with E-state index in [0.29, 0.717) is 17.2 Å². The summed E-state index contributed by atoms with van der Waals surface area (Å²) >= 11 is 6.02. The smallest absolute Gasteiger partial charge is 0.140 e. The molecule has 0 amide bonds. The lowest BCUT2D eigenvalue weighted by Gasteiger charge is -2.52. The number of carbonyl (C=O) groups is 1. The molecule has 2 saturated heterocycles. The second-order valence-electron chi connectivity index (χ2n) is 6.43. The molecule has 4 heteroatoms. The third-order valence-corrected chi connectivity index (χ3v) is 5.32. The first-order chi connectivity index (χ1) is 11.1. The highest BCUT2D eigenvalue weighted by Crippen LogP contribution is 2.48. The molecule has 3 fully saturated rings. The Hall–Kier alpha value is -2.00. The zero-order valence-electron chi connectivity index (χ0n) is 12.7. The van der Waals surface area contributed by atoms with Gasteiger partial charge < -0.3 is 10.0 Å². The molecule has 1 aliphatic carbocycles. The highest BCUT2D eigenvalue weighted by molar-refractivity contribution is 6.30. The number of anilines is 1. The van der Waals surface area contributed by atoms with E-state index >= 15 is 0 Å². The van der Waals surface area contributed by atoms with Crippen LogP contribution in [0.15, 0.2) is 48.5 Å². The number of hydrogen-bond donors (Lipinski definition) is 1. The minimum Gasteiger partial charge on any atom is -0.508 e. The lowest BCUT2D eigenvalue weighted by Crippen LogP contribution is -2.54. The Morgan fingerprint density at radius 3 is 2.57 bits per heavy atom. The van der Waals surface area contributed by atoms with Crippen molar-refractivity contribution in [2.45, 2.75) is 31.3 Å². The number of phenolic OH excluding ortho intramolecular Hbond substituents is 1. The van der Waals surface area contributed by atoms with Crippen molar-refractivity contribution >= 4 is 23.1 Å². The molecule has 3 aliphatic rings. The van der Waals surface area contributed by atoms with E-state index in [1.807, 2.05) is 36.4 Å². The Morgan fingerprint density at radius 2 is 1.87 bits per heavy atom. The first kappa shape index (κ1) is 14.6. The number of fused-ring (bicyclic) bond motifs is 3. The number of ketones is 1. The van der Waals surface area contributed by atoms with Crippen LogP contribution in [0.5, 0.6) is 5.75 Å². The van der Waals surface area contributed by atoms with Crippen LogP contribution in [0.3, 0.4) is 0 Å². The van der Waals surface area contributed by atoms with Crippen molar-refractivity contribution in [1.82, 2.24) is 0 Å². The molecule has 3 atom stereocenters. The summed E-state index contributed by atoms with van der Waals surface area (Å²) in [6, 6.07) is 15.3. The molecule has 2 heterocycles.